The number of aryl methyl sites for hydroxylation is 1. The van der Waals surface area contributed by atoms with Gasteiger partial charge in [0.25, 0.3) is 0 Å². The van der Waals surface area contributed by atoms with E-state index in [1.165, 1.54) is 37.7 Å². The topological polar surface area (TPSA) is 57.0 Å². The molecule has 0 unspecified atom stereocenters. The van der Waals surface area contributed by atoms with Gasteiger partial charge in [-0.1, -0.05) is 81.1 Å². The Morgan fingerprint density at radius 1 is 0.971 bits per heavy atom. The largest absolute Gasteiger partial charge is 0.381 e. The normalized spacial score (nSPS) is 12.3. The molecule has 1 heterocycles. The molecule has 0 atom stereocenters. The Labute approximate surface area is 208 Å². The van der Waals surface area contributed by atoms with Crippen molar-refractivity contribution in [3.63, 3.8) is 0 Å². The molecule has 0 radical (unpaired) electrons. The Balaban J connectivity index is 1.82. The number of nitriles is 1. The van der Waals surface area contributed by atoms with Crippen molar-refractivity contribution in [2.75, 3.05) is 14.1 Å². The number of ketones is 1. The summed E-state index contributed by atoms with van der Waals surface area (Å²) in [5.74, 6) is -0.0607. The molecule has 0 aliphatic heterocycles. The van der Waals surface area contributed by atoms with Crippen molar-refractivity contribution < 1.29 is 4.79 Å². The molecule has 0 saturated heterocycles. The minimum absolute atomic E-state index is 0.0607. The Bertz CT molecular complexity index is 1310. The molecule has 0 saturated carbocycles. The first-order valence-corrected chi connectivity index (χ1v) is 12.5. The van der Waals surface area contributed by atoms with Crippen molar-refractivity contribution in [1.82, 2.24) is 9.88 Å². The van der Waals surface area contributed by atoms with Crippen LogP contribution in [-0.4, -0.2) is 29.8 Å². The Morgan fingerprint density at radius 2 is 1.66 bits per heavy atom. The van der Waals surface area contributed by atoms with Crippen LogP contribution >= 0.6 is 0 Å². The average Bonchev–Trinajstić information content (AvgIpc) is 3.15. The van der Waals surface area contributed by atoms with Gasteiger partial charge in [-0.05, 0) is 37.0 Å². The molecule has 0 bridgehead atoms. The first-order valence-electron chi connectivity index (χ1n) is 12.5. The van der Waals surface area contributed by atoms with Crippen LogP contribution in [0.25, 0.3) is 28.5 Å². The minimum Gasteiger partial charge on any atom is -0.381 e. The van der Waals surface area contributed by atoms with Crippen LogP contribution in [-0.2, 0) is 6.42 Å². The van der Waals surface area contributed by atoms with Crippen LogP contribution < -0.4 is 0 Å². The number of benzene rings is 2. The number of carbonyl (C=O) groups is 1. The summed E-state index contributed by atoms with van der Waals surface area (Å²) in [6.45, 7) is 4.22. The molecule has 1 aromatic heterocycles. The number of aromatic nitrogens is 1. The molecule has 35 heavy (non-hydrogen) atoms. The van der Waals surface area contributed by atoms with Gasteiger partial charge in [-0.15, -0.1) is 0 Å². The zero-order valence-electron chi connectivity index (χ0n) is 21.2. The first-order chi connectivity index (χ1) is 17.0. The van der Waals surface area contributed by atoms with E-state index in [0.29, 0.717) is 33.6 Å². The van der Waals surface area contributed by atoms with Gasteiger partial charge in [0.05, 0.1) is 22.5 Å². The van der Waals surface area contributed by atoms with E-state index in [0.717, 1.165) is 23.2 Å². The highest BCUT2D eigenvalue weighted by molar-refractivity contribution is 6.24. The number of carbonyl (C=O) groups excluding carboxylic acids is 1. The summed E-state index contributed by atoms with van der Waals surface area (Å²) in [6.07, 6.45) is 9.24. The predicted octanol–water partition coefficient (Wildman–Crippen LogP) is 7.27. The van der Waals surface area contributed by atoms with E-state index in [2.05, 4.69) is 37.3 Å². The smallest absolute Gasteiger partial charge is 0.196 e. The monoisotopic (exact) mass is 463 g/mol. The number of nitrogens with zero attached hydrogens (tertiary/aromatic N) is 3. The molecule has 4 nitrogen and oxygen atoms in total. The lowest BCUT2D eigenvalue weighted by Gasteiger charge is -2.16. The first kappa shape index (κ1) is 24.4. The van der Waals surface area contributed by atoms with Gasteiger partial charge in [0.1, 0.15) is 6.07 Å². The van der Waals surface area contributed by atoms with Crippen LogP contribution in [0.1, 0.15) is 78.7 Å². The van der Waals surface area contributed by atoms with E-state index in [-0.39, 0.29) is 5.78 Å². The van der Waals surface area contributed by atoms with Crippen LogP contribution in [0.3, 0.4) is 0 Å². The van der Waals surface area contributed by atoms with Gasteiger partial charge in [0.2, 0.25) is 0 Å². The van der Waals surface area contributed by atoms with Crippen LogP contribution in [0.4, 0.5) is 0 Å². The molecule has 0 spiro atoms. The Morgan fingerprint density at radius 3 is 2.31 bits per heavy atom. The lowest BCUT2D eigenvalue weighted by Crippen LogP contribution is -2.09. The number of pyridine rings is 1. The molecule has 2 aromatic carbocycles. The van der Waals surface area contributed by atoms with Crippen LogP contribution in [0.2, 0.25) is 0 Å². The van der Waals surface area contributed by atoms with Gasteiger partial charge in [-0.3, -0.25) is 4.79 Å². The SMILES string of the molecule is CCCCCCCc1ccc(-c2c(C#N)c(C=C(C)N(C)C)nc3c2C(=O)c2ccccc2-3)cc1. The standard InChI is InChI=1S/C31H33N3O/c1-5-6-7-8-9-12-22-15-17-23(18-16-22)28-26(20-32)27(19-21(2)34(3)4)33-30-24-13-10-11-14-25(24)31(35)29(28)30/h10-11,13-19H,5-9,12H2,1-4H3. The quantitative estimate of drug-likeness (QED) is 0.245. The van der Waals surface area contributed by atoms with E-state index < -0.39 is 0 Å². The second-order valence-electron chi connectivity index (χ2n) is 9.50. The van der Waals surface area contributed by atoms with E-state index in [1.807, 2.05) is 56.3 Å². The second-order valence-corrected chi connectivity index (χ2v) is 9.50. The zero-order chi connectivity index (χ0) is 24.9. The third kappa shape index (κ3) is 4.91. The lowest BCUT2D eigenvalue weighted by molar-refractivity contribution is 0.104. The van der Waals surface area contributed by atoms with E-state index in [1.54, 1.807) is 0 Å². The molecule has 0 amide bonds. The maximum absolute atomic E-state index is 13.5. The molecule has 4 rings (SSSR count). The van der Waals surface area contributed by atoms with E-state index >= 15 is 0 Å². The van der Waals surface area contributed by atoms with Crippen LogP contribution in [0.5, 0.6) is 0 Å². The summed E-state index contributed by atoms with van der Waals surface area (Å²) >= 11 is 0. The van der Waals surface area contributed by atoms with Crippen molar-refractivity contribution >= 4 is 11.9 Å². The zero-order valence-corrected chi connectivity index (χ0v) is 21.2. The molecule has 1 aliphatic rings. The number of fused-ring (bicyclic) bond motifs is 3. The third-order valence-electron chi connectivity index (χ3n) is 6.85. The fourth-order valence-electron chi connectivity index (χ4n) is 4.65. The second kappa shape index (κ2) is 10.7. The lowest BCUT2D eigenvalue weighted by atomic mass is 9.91. The van der Waals surface area contributed by atoms with Gasteiger partial charge < -0.3 is 4.90 Å². The summed E-state index contributed by atoms with van der Waals surface area (Å²) in [7, 11) is 3.93. The highest BCUT2D eigenvalue weighted by atomic mass is 16.1. The summed E-state index contributed by atoms with van der Waals surface area (Å²) in [5.41, 5.74) is 7.55. The third-order valence-corrected chi connectivity index (χ3v) is 6.85. The van der Waals surface area contributed by atoms with E-state index in [9.17, 15) is 10.1 Å². The van der Waals surface area contributed by atoms with Crippen LogP contribution in [0.15, 0.2) is 54.2 Å². The minimum atomic E-state index is -0.0607. The number of unbranched alkanes of at least 4 members (excludes halogenated alkanes) is 4. The van der Waals surface area contributed by atoms with Crippen molar-refractivity contribution in [1.29, 1.82) is 5.26 Å². The number of allylic oxidation sites excluding steroid dienone is 1. The molecule has 0 fully saturated rings. The summed E-state index contributed by atoms with van der Waals surface area (Å²) in [4.78, 5) is 20.4. The molecule has 4 heteroatoms. The molecule has 0 N–H and O–H groups in total. The maximum Gasteiger partial charge on any atom is 0.196 e. The van der Waals surface area contributed by atoms with Gasteiger partial charge in [-0.2, -0.15) is 5.26 Å². The van der Waals surface area contributed by atoms with Crippen molar-refractivity contribution in [2.24, 2.45) is 0 Å². The van der Waals surface area contributed by atoms with Gasteiger partial charge in [0.15, 0.2) is 5.78 Å². The number of hydrogen-bond donors (Lipinski definition) is 0. The van der Waals surface area contributed by atoms with Crippen molar-refractivity contribution in [3.8, 4) is 28.5 Å². The van der Waals surface area contributed by atoms with Gasteiger partial charge in [-0.25, -0.2) is 4.98 Å². The average molecular weight is 464 g/mol. The number of rotatable bonds is 9. The Hall–Kier alpha value is -3.71. The molecule has 178 valence electrons. The molecular weight excluding hydrogens is 430 g/mol. The van der Waals surface area contributed by atoms with E-state index in [4.69, 9.17) is 4.98 Å². The maximum atomic E-state index is 13.5. The highest BCUT2D eigenvalue weighted by Gasteiger charge is 2.33. The predicted molar refractivity (Wildman–Crippen MR) is 143 cm³/mol. The van der Waals surface area contributed by atoms with Crippen LogP contribution in [0, 0.1) is 11.3 Å². The van der Waals surface area contributed by atoms with Gasteiger partial charge in [0, 0.05) is 36.5 Å². The molecule has 1 aliphatic carbocycles. The molecular formula is C31H33N3O. The highest BCUT2D eigenvalue weighted by Crippen LogP contribution is 2.43. The Kier molecular flexibility index (Phi) is 7.46. The fourth-order valence-corrected chi connectivity index (χ4v) is 4.65. The van der Waals surface area contributed by atoms with Crippen molar-refractivity contribution in [2.45, 2.75) is 52.4 Å². The van der Waals surface area contributed by atoms with Gasteiger partial charge >= 0.3 is 0 Å². The van der Waals surface area contributed by atoms with Crippen molar-refractivity contribution in [3.05, 3.63) is 82.2 Å². The summed E-state index contributed by atoms with van der Waals surface area (Å²) < 4.78 is 0. The molecule has 3 aromatic rings. The summed E-state index contributed by atoms with van der Waals surface area (Å²) in [6, 6.07) is 18.3. The fraction of sp³-hybridized carbons (Fsp3) is 0.323. The summed E-state index contributed by atoms with van der Waals surface area (Å²) in [5, 5.41) is 10.2. The number of hydrogen-bond acceptors (Lipinski definition) is 4.